The van der Waals surface area contributed by atoms with Crippen LogP contribution in [0.4, 0.5) is 13.2 Å². The lowest BCUT2D eigenvalue weighted by molar-refractivity contribution is -0.965. The molecule has 0 radical (unpaired) electrons. The molecule has 1 aliphatic carbocycles. The van der Waals surface area contributed by atoms with Crippen molar-refractivity contribution in [2.24, 2.45) is 0 Å². The Bertz CT molecular complexity index is 1240. The smallest absolute Gasteiger partial charge is 0.263 e. The van der Waals surface area contributed by atoms with Gasteiger partial charge in [0.25, 0.3) is 0 Å². The number of benzene rings is 1. The van der Waals surface area contributed by atoms with Gasteiger partial charge in [0.2, 0.25) is 0 Å². The van der Waals surface area contributed by atoms with Crippen LogP contribution in [0.25, 0.3) is 0 Å². The lowest BCUT2D eigenvalue weighted by Crippen LogP contribution is -2.87. The van der Waals surface area contributed by atoms with Gasteiger partial charge in [-0.3, -0.25) is 60.7 Å². The number of hydrogen-bond acceptors (Lipinski definition) is 12. The molecular weight excluding hydrogens is 537 g/mol. The second-order valence-electron chi connectivity index (χ2n) is 7.31. The minimum absolute atomic E-state index is 0.187. The third-order valence-corrected chi connectivity index (χ3v) is 6.27. The van der Waals surface area contributed by atoms with Gasteiger partial charge in [-0.25, -0.2) is 0 Å². The fourth-order valence-corrected chi connectivity index (χ4v) is 4.47. The van der Waals surface area contributed by atoms with Crippen LogP contribution in [0.15, 0.2) is 30.4 Å². The van der Waals surface area contributed by atoms with Crippen LogP contribution in [0, 0.1) is 60.7 Å². The fourth-order valence-electron chi connectivity index (χ4n) is 4.24. The van der Waals surface area contributed by atoms with Crippen LogP contribution in [0.5, 0.6) is 0 Å². The van der Waals surface area contributed by atoms with Crippen LogP contribution >= 0.6 is 11.6 Å². The standard InChI is InChI=1S/C14H8ClF3N6O12/c1-10(19(25)26)11(20(27)28,7-2-3-9(15)8(6-7)13(16,17)18)4-5-12(21(29)30,22(31)32)14(10,23(33)34)24(35)36/h2-6H,1H3. The molecule has 1 aromatic carbocycles. The molecule has 0 amide bonds. The van der Waals surface area contributed by atoms with E-state index in [1.54, 1.807) is 0 Å². The van der Waals surface area contributed by atoms with E-state index in [2.05, 4.69) is 0 Å². The molecule has 22 heteroatoms. The summed E-state index contributed by atoms with van der Waals surface area (Å²) in [7, 11) is 0. The van der Waals surface area contributed by atoms with Crippen molar-refractivity contribution in [3.05, 3.63) is 107 Å². The van der Waals surface area contributed by atoms with E-state index in [0.717, 1.165) is 0 Å². The Labute approximate surface area is 197 Å². The van der Waals surface area contributed by atoms with E-state index in [0.29, 0.717) is 12.1 Å². The average molecular weight is 545 g/mol. The zero-order chi connectivity index (χ0) is 28.2. The van der Waals surface area contributed by atoms with Crippen molar-refractivity contribution < 1.29 is 42.7 Å². The summed E-state index contributed by atoms with van der Waals surface area (Å²) in [6.07, 6.45) is -6.28. The number of nitro groups is 6. The Hall–Kier alpha value is -4.56. The molecule has 194 valence electrons. The van der Waals surface area contributed by atoms with Gasteiger partial charge in [0, 0.05) is 23.5 Å². The van der Waals surface area contributed by atoms with Crippen LogP contribution in [-0.2, 0) is 11.7 Å². The summed E-state index contributed by atoms with van der Waals surface area (Å²) in [4.78, 5) is 58.9. The van der Waals surface area contributed by atoms with E-state index in [4.69, 9.17) is 11.6 Å². The molecule has 0 bridgehead atoms. The Balaban J connectivity index is 3.40. The highest BCUT2D eigenvalue weighted by atomic mass is 35.5. The van der Waals surface area contributed by atoms with E-state index in [1.807, 2.05) is 0 Å². The van der Waals surface area contributed by atoms with E-state index in [-0.39, 0.29) is 19.1 Å². The van der Waals surface area contributed by atoms with Crippen molar-refractivity contribution in [1.82, 2.24) is 0 Å². The third kappa shape index (κ3) is 2.91. The highest BCUT2D eigenvalue weighted by Gasteiger charge is 3.09. The second kappa shape index (κ2) is 8.00. The maximum atomic E-state index is 13.4. The maximum Gasteiger partial charge on any atom is 0.675 e. The van der Waals surface area contributed by atoms with E-state index < -0.39 is 80.3 Å². The predicted octanol–water partition coefficient (Wildman–Crippen LogP) is 1.94. The predicted molar refractivity (Wildman–Crippen MR) is 103 cm³/mol. The van der Waals surface area contributed by atoms with Gasteiger partial charge in [0.05, 0.1) is 21.6 Å². The summed E-state index contributed by atoms with van der Waals surface area (Å²) in [5, 5.41) is 71.0. The molecule has 0 aromatic heterocycles. The molecule has 1 aliphatic rings. The first-order valence-corrected chi connectivity index (χ1v) is 9.07. The number of nitrogens with zero attached hydrogens (tertiary/aromatic N) is 6. The van der Waals surface area contributed by atoms with Crippen LogP contribution in [0.1, 0.15) is 18.1 Å². The Morgan fingerprint density at radius 2 is 1.22 bits per heavy atom. The van der Waals surface area contributed by atoms with Gasteiger partial charge in [-0.2, -0.15) is 13.2 Å². The molecule has 2 unspecified atom stereocenters. The molecule has 0 fully saturated rings. The average Bonchev–Trinajstić information content (AvgIpc) is 2.71. The SMILES string of the molecule is CC1([N+](=O)[O-])C(c2ccc(Cl)c(C(F)(F)F)c2)([N+](=O)[O-])C=CC([N+](=O)[O-])([N+](=O)[O-])C1([N+](=O)[O-])[N+](=O)[O-]. The largest absolute Gasteiger partial charge is 0.675 e. The van der Waals surface area contributed by atoms with Crippen LogP contribution < -0.4 is 0 Å². The summed E-state index contributed by atoms with van der Waals surface area (Å²) in [5.41, 5.74) is -22.2. The fraction of sp³-hybridized carbons (Fsp3) is 0.429. The monoisotopic (exact) mass is 544 g/mol. The third-order valence-electron chi connectivity index (χ3n) is 5.94. The summed E-state index contributed by atoms with van der Waals surface area (Å²) >= 11 is 5.43. The van der Waals surface area contributed by atoms with E-state index in [9.17, 15) is 73.9 Å². The molecule has 0 saturated heterocycles. The van der Waals surface area contributed by atoms with Crippen LogP contribution in [0.2, 0.25) is 5.02 Å². The van der Waals surface area contributed by atoms with Gasteiger partial charge in [0.15, 0.2) is 0 Å². The molecule has 36 heavy (non-hydrogen) atoms. The van der Waals surface area contributed by atoms with Crippen molar-refractivity contribution in [3.8, 4) is 0 Å². The molecule has 0 spiro atoms. The highest BCUT2D eigenvalue weighted by molar-refractivity contribution is 6.31. The molecular formula is C14H8ClF3N6O12. The molecule has 0 aliphatic heterocycles. The van der Waals surface area contributed by atoms with E-state index in [1.165, 1.54) is 0 Å². The highest BCUT2D eigenvalue weighted by Crippen LogP contribution is 2.56. The molecule has 0 heterocycles. The normalized spacial score (nSPS) is 24.5. The van der Waals surface area contributed by atoms with Crippen molar-refractivity contribution in [3.63, 3.8) is 0 Å². The van der Waals surface area contributed by atoms with Gasteiger partial charge in [-0.05, 0) is 18.2 Å². The summed E-state index contributed by atoms with van der Waals surface area (Å²) in [6, 6.07) is 0.456. The lowest BCUT2D eigenvalue weighted by atomic mass is 9.59. The molecule has 0 saturated carbocycles. The van der Waals surface area contributed by atoms with Gasteiger partial charge in [-0.15, -0.1) is 0 Å². The zero-order valence-corrected chi connectivity index (χ0v) is 17.7. The lowest BCUT2D eigenvalue weighted by Gasteiger charge is -2.38. The second-order valence-corrected chi connectivity index (χ2v) is 7.71. The van der Waals surface area contributed by atoms with Crippen LogP contribution in [-0.4, -0.2) is 46.4 Å². The zero-order valence-electron chi connectivity index (χ0n) is 17.0. The first kappa shape index (κ1) is 27.7. The minimum atomic E-state index is -5.39. The maximum absolute atomic E-state index is 13.4. The van der Waals surface area contributed by atoms with E-state index >= 15 is 0 Å². The Kier molecular flexibility index (Phi) is 6.15. The van der Waals surface area contributed by atoms with Gasteiger partial charge >= 0.3 is 28.6 Å². The van der Waals surface area contributed by atoms with Crippen molar-refractivity contribution in [2.45, 2.75) is 35.5 Å². The number of halogens is 4. The van der Waals surface area contributed by atoms with Gasteiger partial charge in [-0.1, -0.05) is 11.6 Å². The summed E-state index contributed by atoms with van der Waals surface area (Å²) < 4.78 is 40.2. The summed E-state index contributed by atoms with van der Waals surface area (Å²) in [5.74, 6) is 0. The van der Waals surface area contributed by atoms with Crippen molar-refractivity contribution in [2.75, 3.05) is 0 Å². The Morgan fingerprint density at radius 3 is 1.56 bits per heavy atom. The first-order chi connectivity index (χ1) is 16.2. The molecule has 0 N–H and O–H groups in total. The van der Waals surface area contributed by atoms with Gasteiger partial charge in [0.1, 0.15) is 19.7 Å². The molecule has 2 atom stereocenters. The topological polar surface area (TPSA) is 259 Å². The molecule has 1 aromatic rings. The summed E-state index contributed by atoms with van der Waals surface area (Å²) in [6.45, 7) is -0.242. The molecule has 2 rings (SSSR count). The Morgan fingerprint density at radius 1 is 0.750 bits per heavy atom. The number of rotatable bonds is 7. The molecule has 18 nitrogen and oxygen atoms in total. The number of alkyl halides is 3. The van der Waals surface area contributed by atoms with Crippen molar-refractivity contribution in [1.29, 1.82) is 0 Å². The van der Waals surface area contributed by atoms with Crippen molar-refractivity contribution >= 4 is 11.6 Å². The minimum Gasteiger partial charge on any atom is -0.263 e. The number of hydrogen-bond donors (Lipinski definition) is 0. The first-order valence-electron chi connectivity index (χ1n) is 8.69. The van der Waals surface area contributed by atoms with Gasteiger partial charge < -0.3 is 0 Å². The van der Waals surface area contributed by atoms with Crippen LogP contribution in [0.3, 0.4) is 0 Å². The quantitative estimate of drug-likeness (QED) is 0.206.